The zero-order valence-corrected chi connectivity index (χ0v) is 11.2. The number of carboxylic acid groups (broad SMARTS) is 1. The summed E-state index contributed by atoms with van der Waals surface area (Å²) < 4.78 is 13.2. The molecule has 108 valence electrons. The van der Waals surface area contributed by atoms with Crippen molar-refractivity contribution < 1.29 is 19.1 Å². The van der Waals surface area contributed by atoms with E-state index in [0.29, 0.717) is 11.3 Å². The molecule has 6 heteroatoms. The maximum atomic E-state index is 13.2. The van der Waals surface area contributed by atoms with E-state index < -0.39 is 17.7 Å². The van der Waals surface area contributed by atoms with Crippen LogP contribution in [0, 0.1) is 12.7 Å². The quantitative estimate of drug-likeness (QED) is 0.757. The first-order valence-corrected chi connectivity index (χ1v) is 6.09. The Morgan fingerprint density at radius 2 is 1.90 bits per heavy atom. The van der Waals surface area contributed by atoms with Crippen molar-refractivity contribution >= 4 is 23.3 Å². The lowest BCUT2D eigenvalue weighted by Gasteiger charge is -2.10. The van der Waals surface area contributed by atoms with Gasteiger partial charge >= 0.3 is 5.97 Å². The van der Waals surface area contributed by atoms with Crippen molar-refractivity contribution in [2.45, 2.75) is 6.92 Å². The standard InChI is InChI=1S/C15H13FN2O3/c1-8-6-9(15(20)21)2-5-13(8)18-14(19)11-7-10(16)3-4-12(11)17/h2-7H,17H2,1H3,(H,18,19)(H,20,21). The lowest BCUT2D eigenvalue weighted by molar-refractivity contribution is 0.0696. The van der Waals surface area contributed by atoms with Crippen molar-refractivity contribution in [2.75, 3.05) is 11.1 Å². The molecule has 0 aliphatic heterocycles. The maximum Gasteiger partial charge on any atom is 0.335 e. The van der Waals surface area contributed by atoms with E-state index in [4.69, 9.17) is 10.8 Å². The first-order chi connectivity index (χ1) is 9.88. The van der Waals surface area contributed by atoms with Crippen LogP contribution in [-0.4, -0.2) is 17.0 Å². The number of nitrogens with two attached hydrogens (primary N) is 1. The highest BCUT2D eigenvalue weighted by atomic mass is 19.1. The molecular formula is C15H13FN2O3. The van der Waals surface area contributed by atoms with Crippen molar-refractivity contribution in [3.05, 3.63) is 58.9 Å². The third-order valence-corrected chi connectivity index (χ3v) is 2.98. The van der Waals surface area contributed by atoms with E-state index in [0.717, 1.165) is 6.07 Å². The maximum absolute atomic E-state index is 13.2. The summed E-state index contributed by atoms with van der Waals surface area (Å²) in [5, 5.41) is 11.5. The number of aromatic carboxylic acids is 1. The highest BCUT2D eigenvalue weighted by Crippen LogP contribution is 2.20. The number of nitrogens with one attached hydrogen (secondary N) is 1. The van der Waals surface area contributed by atoms with Crippen LogP contribution in [0.2, 0.25) is 0 Å². The number of hydrogen-bond acceptors (Lipinski definition) is 3. The Kier molecular flexibility index (Phi) is 3.89. The summed E-state index contributed by atoms with van der Waals surface area (Å²) in [6.45, 7) is 1.66. The summed E-state index contributed by atoms with van der Waals surface area (Å²) >= 11 is 0. The fraction of sp³-hybridized carbons (Fsp3) is 0.0667. The van der Waals surface area contributed by atoms with Crippen LogP contribution in [-0.2, 0) is 0 Å². The zero-order valence-electron chi connectivity index (χ0n) is 11.2. The molecule has 0 aliphatic carbocycles. The van der Waals surface area contributed by atoms with E-state index >= 15 is 0 Å². The number of nitrogen functional groups attached to an aromatic ring is 1. The number of anilines is 2. The molecule has 0 saturated carbocycles. The van der Waals surface area contributed by atoms with Crippen LogP contribution in [0.1, 0.15) is 26.3 Å². The molecule has 21 heavy (non-hydrogen) atoms. The molecule has 0 saturated heterocycles. The highest BCUT2D eigenvalue weighted by molar-refractivity contribution is 6.08. The first kappa shape index (κ1) is 14.5. The van der Waals surface area contributed by atoms with Crippen molar-refractivity contribution in [2.24, 2.45) is 0 Å². The van der Waals surface area contributed by atoms with Crippen LogP contribution in [0.5, 0.6) is 0 Å². The van der Waals surface area contributed by atoms with Crippen molar-refractivity contribution in [1.29, 1.82) is 0 Å². The van der Waals surface area contributed by atoms with Gasteiger partial charge in [0.2, 0.25) is 0 Å². The predicted octanol–water partition coefficient (Wildman–Crippen LogP) is 2.67. The minimum absolute atomic E-state index is 0.0247. The third kappa shape index (κ3) is 3.17. The molecule has 2 aromatic carbocycles. The number of carboxylic acids is 1. The van der Waals surface area contributed by atoms with Crippen molar-refractivity contribution in [3.8, 4) is 0 Å². The van der Waals surface area contributed by atoms with Gasteiger partial charge in [0.1, 0.15) is 5.82 Å². The summed E-state index contributed by atoms with van der Waals surface area (Å²) in [4.78, 5) is 22.9. The topological polar surface area (TPSA) is 92.4 Å². The summed E-state index contributed by atoms with van der Waals surface area (Å²) in [5.41, 5.74) is 6.97. The molecule has 2 aromatic rings. The predicted molar refractivity (Wildman–Crippen MR) is 76.9 cm³/mol. The van der Waals surface area contributed by atoms with Gasteiger partial charge in [-0.05, 0) is 48.9 Å². The van der Waals surface area contributed by atoms with Crippen LogP contribution >= 0.6 is 0 Å². The van der Waals surface area contributed by atoms with E-state index in [1.807, 2.05) is 0 Å². The Morgan fingerprint density at radius 3 is 2.52 bits per heavy atom. The molecule has 4 N–H and O–H groups in total. The van der Waals surface area contributed by atoms with Crippen LogP contribution in [0.4, 0.5) is 15.8 Å². The van der Waals surface area contributed by atoms with Crippen molar-refractivity contribution in [3.63, 3.8) is 0 Å². The van der Waals surface area contributed by atoms with Crippen molar-refractivity contribution in [1.82, 2.24) is 0 Å². The molecule has 2 rings (SSSR count). The molecule has 0 unspecified atom stereocenters. The van der Waals surface area contributed by atoms with Gasteiger partial charge in [0.05, 0.1) is 11.1 Å². The lowest BCUT2D eigenvalue weighted by atomic mass is 10.1. The Balaban J connectivity index is 2.27. The van der Waals surface area contributed by atoms with E-state index in [1.165, 1.54) is 30.3 Å². The van der Waals surface area contributed by atoms with Gasteiger partial charge in [0, 0.05) is 11.4 Å². The van der Waals surface area contributed by atoms with Gasteiger partial charge in [-0.3, -0.25) is 4.79 Å². The molecule has 0 heterocycles. The molecule has 1 amide bonds. The molecule has 0 fully saturated rings. The third-order valence-electron chi connectivity index (χ3n) is 2.98. The van der Waals surface area contributed by atoms with E-state index in [-0.39, 0.29) is 16.8 Å². The number of hydrogen-bond donors (Lipinski definition) is 3. The molecule has 0 spiro atoms. The van der Waals surface area contributed by atoms with E-state index in [2.05, 4.69) is 5.32 Å². The minimum atomic E-state index is -1.05. The molecule has 0 radical (unpaired) electrons. The summed E-state index contributed by atoms with van der Waals surface area (Å²) in [6, 6.07) is 7.81. The number of amides is 1. The van der Waals surface area contributed by atoms with Gasteiger partial charge in [-0.25, -0.2) is 9.18 Å². The normalized spacial score (nSPS) is 10.2. The molecule has 0 atom stereocenters. The Morgan fingerprint density at radius 1 is 1.19 bits per heavy atom. The molecule has 5 nitrogen and oxygen atoms in total. The Bertz CT molecular complexity index is 729. The highest BCUT2D eigenvalue weighted by Gasteiger charge is 2.13. The fourth-order valence-electron chi connectivity index (χ4n) is 1.85. The number of carbonyl (C=O) groups excluding carboxylic acids is 1. The minimum Gasteiger partial charge on any atom is -0.478 e. The summed E-state index contributed by atoms with van der Waals surface area (Å²) in [7, 11) is 0. The SMILES string of the molecule is Cc1cc(C(=O)O)ccc1NC(=O)c1cc(F)ccc1N. The van der Waals surface area contributed by atoms with E-state index in [1.54, 1.807) is 6.92 Å². The lowest BCUT2D eigenvalue weighted by Crippen LogP contribution is -2.15. The zero-order chi connectivity index (χ0) is 15.6. The summed E-state index contributed by atoms with van der Waals surface area (Å²) in [5.74, 6) is -2.17. The number of carbonyl (C=O) groups is 2. The molecular weight excluding hydrogens is 275 g/mol. The van der Waals surface area contributed by atoms with Gasteiger partial charge in [0.25, 0.3) is 5.91 Å². The summed E-state index contributed by atoms with van der Waals surface area (Å²) in [6.07, 6.45) is 0. The van der Waals surface area contributed by atoms with Crippen LogP contribution in [0.25, 0.3) is 0 Å². The fourth-order valence-corrected chi connectivity index (χ4v) is 1.85. The van der Waals surface area contributed by atoms with Gasteiger partial charge in [-0.1, -0.05) is 0 Å². The van der Waals surface area contributed by atoms with Crippen LogP contribution in [0.15, 0.2) is 36.4 Å². The first-order valence-electron chi connectivity index (χ1n) is 6.09. The Hall–Kier alpha value is -2.89. The second-order valence-electron chi connectivity index (χ2n) is 4.52. The molecule has 0 aromatic heterocycles. The average molecular weight is 288 g/mol. The monoisotopic (exact) mass is 288 g/mol. The number of halogens is 1. The smallest absolute Gasteiger partial charge is 0.335 e. The van der Waals surface area contributed by atoms with Crippen LogP contribution in [0.3, 0.4) is 0 Å². The van der Waals surface area contributed by atoms with Gasteiger partial charge in [0.15, 0.2) is 0 Å². The Labute approximate surface area is 120 Å². The molecule has 0 aliphatic rings. The van der Waals surface area contributed by atoms with Crippen LogP contribution < -0.4 is 11.1 Å². The number of benzene rings is 2. The second kappa shape index (κ2) is 5.62. The van der Waals surface area contributed by atoms with Gasteiger partial charge < -0.3 is 16.2 Å². The van der Waals surface area contributed by atoms with Gasteiger partial charge in [-0.15, -0.1) is 0 Å². The molecule has 0 bridgehead atoms. The number of aryl methyl sites for hydroxylation is 1. The largest absolute Gasteiger partial charge is 0.478 e. The average Bonchev–Trinajstić information content (AvgIpc) is 2.43. The second-order valence-corrected chi connectivity index (χ2v) is 4.52. The van der Waals surface area contributed by atoms with Gasteiger partial charge in [-0.2, -0.15) is 0 Å². The van der Waals surface area contributed by atoms with E-state index in [9.17, 15) is 14.0 Å². The number of rotatable bonds is 3.